The van der Waals surface area contributed by atoms with E-state index in [9.17, 15) is 0 Å². The molecule has 0 aromatic carbocycles. The normalized spacial score (nSPS) is 22.3. The van der Waals surface area contributed by atoms with Gasteiger partial charge >= 0.3 is 0 Å². The highest BCUT2D eigenvalue weighted by molar-refractivity contribution is 5.87. The average Bonchev–Trinajstić information content (AvgIpc) is 3.07. The minimum absolute atomic E-state index is 0.314. The molecule has 2 aromatic heterocycles. The van der Waals surface area contributed by atoms with E-state index in [1.165, 1.54) is 6.33 Å². The van der Waals surface area contributed by atoms with Crippen LogP contribution in [0.3, 0.4) is 0 Å². The number of nitrogens with zero attached hydrogens (tertiary/aromatic N) is 4. The molecule has 1 aliphatic carbocycles. The Morgan fingerprint density at radius 1 is 1.24 bits per heavy atom. The van der Waals surface area contributed by atoms with E-state index in [1.54, 1.807) is 0 Å². The smallest absolute Gasteiger partial charge is 0.168 e. The molecule has 0 radical (unpaired) electrons. The van der Waals surface area contributed by atoms with Gasteiger partial charge in [0.05, 0.1) is 30.3 Å². The molecule has 2 fully saturated rings. The molecular weight excluding hydrogens is 270 g/mol. The van der Waals surface area contributed by atoms with Gasteiger partial charge in [0.25, 0.3) is 0 Å². The van der Waals surface area contributed by atoms with Gasteiger partial charge in [0.15, 0.2) is 11.4 Å². The molecule has 112 valence electrons. The molecule has 0 atom stereocenters. The summed E-state index contributed by atoms with van der Waals surface area (Å²) in [5.41, 5.74) is 7.66. The summed E-state index contributed by atoms with van der Waals surface area (Å²) in [7, 11) is 0. The maximum atomic E-state index is 5.95. The highest BCUT2D eigenvalue weighted by atomic mass is 16.7. The summed E-state index contributed by atoms with van der Waals surface area (Å²) < 4.78 is 13.6. The molecule has 1 saturated carbocycles. The lowest BCUT2D eigenvalue weighted by Gasteiger charge is -2.35. The molecule has 0 bridgehead atoms. The number of anilines is 1. The lowest BCUT2D eigenvalue weighted by atomic mass is 9.90. The van der Waals surface area contributed by atoms with Crippen molar-refractivity contribution >= 4 is 16.9 Å². The van der Waals surface area contributed by atoms with Gasteiger partial charge in [-0.3, -0.25) is 0 Å². The number of nitrogen functional groups attached to an aromatic ring is 1. The molecule has 4 rings (SSSR count). The number of aryl methyl sites for hydroxylation is 1. The first-order chi connectivity index (χ1) is 10.2. The standard InChI is InChI=1S/C14H19N5O2/c1-9-11-12(15)16-8-17-13(11)19(18-9)10-2-4-14(5-3-10)20-6-7-21-14/h8,10H,2-7H2,1H3,(H2,15,16,17). The first-order valence-corrected chi connectivity index (χ1v) is 7.42. The Balaban J connectivity index is 1.64. The van der Waals surface area contributed by atoms with Crippen LogP contribution in [0.1, 0.15) is 37.4 Å². The molecule has 1 spiro atoms. The first kappa shape index (κ1) is 13.0. The van der Waals surface area contributed by atoms with E-state index in [0.29, 0.717) is 25.1 Å². The quantitative estimate of drug-likeness (QED) is 0.857. The fourth-order valence-electron chi connectivity index (χ4n) is 3.50. The molecule has 1 saturated heterocycles. The predicted molar refractivity (Wildman–Crippen MR) is 76.6 cm³/mol. The Hall–Kier alpha value is -1.73. The van der Waals surface area contributed by atoms with Crippen molar-refractivity contribution in [2.75, 3.05) is 18.9 Å². The van der Waals surface area contributed by atoms with Crippen molar-refractivity contribution in [1.29, 1.82) is 0 Å². The van der Waals surface area contributed by atoms with E-state index in [2.05, 4.69) is 15.1 Å². The van der Waals surface area contributed by atoms with E-state index < -0.39 is 0 Å². The third kappa shape index (κ3) is 1.99. The van der Waals surface area contributed by atoms with E-state index in [0.717, 1.165) is 42.4 Å². The monoisotopic (exact) mass is 289 g/mol. The molecule has 2 aliphatic rings. The minimum Gasteiger partial charge on any atom is -0.383 e. The molecule has 7 nitrogen and oxygen atoms in total. The van der Waals surface area contributed by atoms with Gasteiger partial charge in [-0.15, -0.1) is 0 Å². The van der Waals surface area contributed by atoms with Gasteiger partial charge < -0.3 is 15.2 Å². The lowest BCUT2D eigenvalue weighted by molar-refractivity contribution is -0.181. The summed E-state index contributed by atoms with van der Waals surface area (Å²) in [6.07, 6.45) is 5.25. The van der Waals surface area contributed by atoms with Crippen LogP contribution in [-0.2, 0) is 9.47 Å². The fourth-order valence-corrected chi connectivity index (χ4v) is 3.50. The zero-order chi connectivity index (χ0) is 14.4. The van der Waals surface area contributed by atoms with Crippen LogP contribution >= 0.6 is 0 Å². The summed E-state index contributed by atoms with van der Waals surface area (Å²) in [5.74, 6) is 0.154. The first-order valence-electron chi connectivity index (χ1n) is 7.42. The summed E-state index contributed by atoms with van der Waals surface area (Å²) >= 11 is 0. The van der Waals surface area contributed by atoms with Gasteiger partial charge in [0.1, 0.15) is 12.1 Å². The molecule has 2 aromatic rings. The topological polar surface area (TPSA) is 88.1 Å². The van der Waals surface area contributed by atoms with Crippen LogP contribution in [0, 0.1) is 6.92 Å². The molecular formula is C14H19N5O2. The second-order valence-corrected chi connectivity index (χ2v) is 5.83. The largest absolute Gasteiger partial charge is 0.383 e. The second-order valence-electron chi connectivity index (χ2n) is 5.83. The number of nitrogens with two attached hydrogens (primary N) is 1. The van der Waals surface area contributed by atoms with Gasteiger partial charge in [0.2, 0.25) is 0 Å². The zero-order valence-corrected chi connectivity index (χ0v) is 12.1. The van der Waals surface area contributed by atoms with Crippen molar-refractivity contribution in [3.05, 3.63) is 12.0 Å². The Kier molecular flexibility index (Phi) is 2.87. The molecule has 7 heteroatoms. The minimum atomic E-state index is -0.345. The van der Waals surface area contributed by atoms with Crippen LogP contribution in [0.2, 0.25) is 0 Å². The third-order valence-corrected chi connectivity index (χ3v) is 4.57. The van der Waals surface area contributed by atoms with Crippen LogP contribution < -0.4 is 5.73 Å². The van der Waals surface area contributed by atoms with Gasteiger partial charge in [0, 0.05) is 12.8 Å². The number of fused-ring (bicyclic) bond motifs is 1. The maximum absolute atomic E-state index is 5.95. The summed E-state index contributed by atoms with van der Waals surface area (Å²) in [6.45, 7) is 3.36. The maximum Gasteiger partial charge on any atom is 0.168 e. The van der Waals surface area contributed by atoms with E-state index >= 15 is 0 Å². The van der Waals surface area contributed by atoms with Crippen LogP contribution in [0.25, 0.3) is 11.0 Å². The second kappa shape index (κ2) is 4.64. The van der Waals surface area contributed by atoms with Crippen LogP contribution in [0.4, 0.5) is 5.82 Å². The Labute approximate surface area is 122 Å². The fraction of sp³-hybridized carbons (Fsp3) is 0.643. The predicted octanol–water partition coefficient (Wildman–Crippen LogP) is 1.58. The molecule has 3 heterocycles. The van der Waals surface area contributed by atoms with Crippen molar-refractivity contribution in [3.63, 3.8) is 0 Å². The van der Waals surface area contributed by atoms with E-state index in [-0.39, 0.29) is 5.79 Å². The number of hydrogen-bond donors (Lipinski definition) is 1. The van der Waals surface area contributed by atoms with Gasteiger partial charge in [-0.05, 0) is 19.8 Å². The Morgan fingerprint density at radius 2 is 1.95 bits per heavy atom. The third-order valence-electron chi connectivity index (χ3n) is 4.57. The average molecular weight is 289 g/mol. The number of hydrogen-bond acceptors (Lipinski definition) is 6. The molecule has 0 amide bonds. The van der Waals surface area contributed by atoms with E-state index in [4.69, 9.17) is 15.2 Å². The summed E-state index contributed by atoms with van der Waals surface area (Å²) in [6, 6.07) is 0.314. The highest BCUT2D eigenvalue weighted by Crippen LogP contribution is 2.41. The molecule has 1 aliphatic heterocycles. The molecule has 21 heavy (non-hydrogen) atoms. The van der Waals surface area contributed by atoms with Crippen molar-refractivity contribution in [1.82, 2.24) is 19.7 Å². The number of ether oxygens (including phenoxy) is 2. The van der Waals surface area contributed by atoms with Crippen molar-refractivity contribution in [2.24, 2.45) is 0 Å². The van der Waals surface area contributed by atoms with Gasteiger partial charge in [-0.2, -0.15) is 5.10 Å². The number of aromatic nitrogens is 4. The van der Waals surface area contributed by atoms with Gasteiger partial charge in [-0.25, -0.2) is 14.6 Å². The van der Waals surface area contributed by atoms with Crippen molar-refractivity contribution < 1.29 is 9.47 Å². The molecule has 0 unspecified atom stereocenters. The molecule has 2 N–H and O–H groups in total. The highest BCUT2D eigenvalue weighted by Gasteiger charge is 2.41. The van der Waals surface area contributed by atoms with Crippen molar-refractivity contribution in [2.45, 2.75) is 44.4 Å². The number of rotatable bonds is 1. The Morgan fingerprint density at radius 3 is 2.67 bits per heavy atom. The Bertz CT molecular complexity index is 667. The SMILES string of the molecule is Cc1nn(C2CCC3(CC2)OCCO3)c2ncnc(N)c12. The van der Waals surface area contributed by atoms with Gasteiger partial charge in [-0.1, -0.05) is 0 Å². The lowest BCUT2D eigenvalue weighted by Crippen LogP contribution is -2.36. The summed E-state index contributed by atoms with van der Waals surface area (Å²) in [5, 5.41) is 5.51. The zero-order valence-electron chi connectivity index (χ0n) is 12.1. The van der Waals surface area contributed by atoms with Crippen LogP contribution in [-0.4, -0.2) is 38.7 Å². The van der Waals surface area contributed by atoms with Crippen molar-refractivity contribution in [3.8, 4) is 0 Å². The summed E-state index contributed by atoms with van der Waals surface area (Å²) in [4.78, 5) is 8.43. The van der Waals surface area contributed by atoms with Crippen LogP contribution in [0.15, 0.2) is 6.33 Å². The van der Waals surface area contributed by atoms with Crippen LogP contribution in [0.5, 0.6) is 0 Å². The van der Waals surface area contributed by atoms with E-state index in [1.807, 2.05) is 11.6 Å².